The monoisotopic (exact) mass is 336 g/mol. The normalized spacial score (nSPS) is 15.5. The van der Waals surface area contributed by atoms with Gasteiger partial charge in [0.1, 0.15) is 6.10 Å². The number of methoxy groups -OCH3 is 1. The Balaban J connectivity index is 2.56. The van der Waals surface area contributed by atoms with Crippen molar-refractivity contribution in [2.45, 2.75) is 19.6 Å². The van der Waals surface area contributed by atoms with Gasteiger partial charge < -0.3 is 18.9 Å². The highest BCUT2D eigenvalue weighted by Gasteiger charge is 2.16. The van der Waals surface area contributed by atoms with E-state index in [0.29, 0.717) is 5.56 Å². The number of nitrogens with one attached hydrogen (secondary N) is 1. The minimum atomic E-state index is -3.58. The molecule has 2 N–H and O–H groups in total. The fraction of sp³-hybridized carbons (Fsp3) is 0.667. The van der Waals surface area contributed by atoms with Crippen molar-refractivity contribution in [2.75, 3.05) is 33.6 Å². The van der Waals surface area contributed by atoms with Crippen LogP contribution < -0.4 is 11.2 Å². The topological polar surface area (TPSA) is 120 Å². The fourth-order valence-electron chi connectivity index (χ4n) is 1.65. The molecule has 126 valence electrons. The highest BCUT2D eigenvalue weighted by Crippen LogP contribution is 2.36. The molecule has 2 unspecified atom stereocenters. The summed E-state index contributed by atoms with van der Waals surface area (Å²) in [6.07, 6.45) is 0.908. The number of nitrogens with zero attached hydrogens (tertiary/aromatic N) is 1. The lowest BCUT2D eigenvalue weighted by atomic mass is 10.4. The third kappa shape index (κ3) is 6.67. The predicted molar refractivity (Wildman–Crippen MR) is 79.4 cm³/mol. The van der Waals surface area contributed by atoms with Crippen LogP contribution in [0.15, 0.2) is 15.8 Å². The molecular formula is C12H21N2O7P. The van der Waals surface area contributed by atoms with Gasteiger partial charge in [0, 0.05) is 25.5 Å². The first-order valence-electron chi connectivity index (χ1n) is 6.58. The molecule has 0 spiro atoms. The average molecular weight is 336 g/mol. The van der Waals surface area contributed by atoms with Crippen LogP contribution in [-0.4, -0.2) is 54.1 Å². The minimum Gasteiger partial charge on any atom is -0.382 e. The summed E-state index contributed by atoms with van der Waals surface area (Å²) in [6.45, 7) is 3.13. The highest BCUT2D eigenvalue weighted by molar-refractivity contribution is 7.51. The zero-order chi connectivity index (χ0) is 16.8. The summed E-state index contributed by atoms with van der Waals surface area (Å²) in [4.78, 5) is 34.1. The molecule has 0 saturated heterocycles. The van der Waals surface area contributed by atoms with Crippen LogP contribution in [0.1, 0.15) is 5.56 Å². The standard InChI is InChI=1S/C12H21N2O7P/c1-9-6-14(12(16)13-11(9)15)4-5-20-10(7-19-2)8-21-22(3,17)18/h6,10H,4-5,7-8H2,1-3H3,(H,17,18)(H,13,15,16). The van der Waals surface area contributed by atoms with Crippen LogP contribution in [0, 0.1) is 6.92 Å². The van der Waals surface area contributed by atoms with E-state index in [0.717, 1.165) is 6.66 Å². The molecule has 22 heavy (non-hydrogen) atoms. The van der Waals surface area contributed by atoms with Gasteiger partial charge in [-0.25, -0.2) is 4.79 Å². The number of ether oxygens (including phenoxy) is 2. The lowest BCUT2D eigenvalue weighted by Crippen LogP contribution is -2.33. The minimum absolute atomic E-state index is 0.0995. The summed E-state index contributed by atoms with van der Waals surface area (Å²) in [6, 6.07) is 0. The van der Waals surface area contributed by atoms with Gasteiger partial charge in [0.05, 0.1) is 26.4 Å². The van der Waals surface area contributed by atoms with Crippen LogP contribution in [0.2, 0.25) is 0 Å². The molecule has 0 fully saturated rings. The fourth-order valence-corrected chi connectivity index (χ4v) is 2.10. The number of hydrogen-bond acceptors (Lipinski definition) is 6. The third-order valence-corrected chi connectivity index (χ3v) is 3.36. The smallest absolute Gasteiger partial charge is 0.328 e. The van der Waals surface area contributed by atoms with Gasteiger partial charge in [-0.1, -0.05) is 0 Å². The first-order valence-corrected chi connectivity index (χ1v) is 8.61. The lowest BCUT2D eigenvalue weighted by molar-refractivity contribution is -0.0297. The van der Waals surface area contributed by atoms with E-state index < -0.39 is 24.9 Å². The van der Waals surface area contributed by atoms with Crippen molar-refractivity contribution >= 4 is 7.60 Å². The quantitative estimate of drug-likeness (QED) is 0.595. The first kappa shape index (κ1) is 18.8. The Morgan fingerprint density at radius 1 is 1.41 bits per heavy atom. The number of hydrogen-bond donors (Lipinski definition) is 2. The number of H-pyrrole nitrogens is 1. The number of aromatic amines is 1. The van der Waals surface area contributed by atoms with Crippen LogP contribution in [0.3, 0.4) is 0 Å². The van der Waals surface area contributed by atoms with Gasteiger partial charge >= 0.3 is 13.3 Å². The van der Waals surface area contributed by atoms with Gasteiger partial charge in [-0.2, -0.15) is 0 Å². The summed E-state index contributed by atoms with van der Waals surface area (Å²) in [7, 11) is -2.11. The predicted octanol–water partition coefficient (Wildman–Crippen LogP) is -0.292. The molecule has 0 aliphatic heterocycles. The van der Waals surface area contributed by atoms with Crippen LogP contribution >= 0.6 is 7.60 Å². The molecule has 2 atom stereocenters. The van der Waals surface area contributed by atoms with E-state index >= 15 is 0 Å². The maximum Gasteiger partial charge on any atom is 0.328 e. The first-order chi connectivity index (χ1) is 10.2. The van der Waals surface area contributed by atoms with Gasteiger partial charge in [0.2, 0.25) is 0 Å². The van der Waals surface area contributed by atoms with E-state index in [-0.39, 0.29) is 26.4 Å². The van der Waals surface area contributed by atoms with Crippen molar-refractivity contribution in [2.24, 2.45) is 0 Å². The molecule has 1 rings (SSSR count). The molecule has 0 amide bonds. The summed E-state index contributed by atoms with van der Waals surface area (Å²) in [5.41, 5.74) is -0.523. The second-order valence-electron chi connectivity index (χ2n) is 4.81. The Morgan fingerprint density at radius 3 is 2.68 bits per heavy atom. The zero-order valence-corrected chi connectivity index (χ0v) is 13.7. The Bertz CT molecular complexity index is 633. The van der Waals surface area contributed by atoms with E-state index in [1.165, 1.54) is 17.9 Å². The Labute approximate surface area is 127 Å². The van der Waals surface area contributed by atoms with E-state index in [1.54, 1.807) is 6.92 Å². The molecule has 9 nitrogen and oxygen atoms in total. The third-order valence-electron chi connectivity index (χ3n) is 2.73. The van der Waals surface area contributed by atoms with Crippen molar-refractivity contribution in [1.29, 1.82) is 0 Å². The van der Waals surface area contributed by atoms with E-state index in [4.69, 9.17) is 18.9 Å². The summed E-state index contributed by atoms with van der Waals surface area (Å²) in [5.74, 6) is 0. The van der Waals surface area contributed by atoms with Gasteiger partial charge in [-0.15, -0.1) is 0 Å². The average Bonchev–Trinajstić information content (AvgIpc) is 2.40. The van der Waals surface area contributed by atoms with E-state index in [1.807, 2.05) is 0 Å². The highest BCUT2D eigenvalue weighted by atomic mass is 31.2. The van der Waals surface area contributed by atoms with Crippen molar-refractivity contribution in [3.63, 3.8) is 0 Å². The van der Waals surface area contributed by atoms with Crippen LogP contribution in [0.25, 0.3) is 0 Å². The number of rotatable bonds is 9. The van der Waals surface area contributed by atoms with Crippen molar-refractivity contribution in [3.05, 3.63) is 32.6 Å². The van der Waals surface area contributed by atoms with E-state index in [9.17, 15) is 14.2 Å². The Kier molecular flexibility index (Phi) is 7.18. The molecule has 0 bridgehead atoms. The van der Waals surface area contributed by atoms with Crippen molar-refractivity contribution in [1.82, 2.24) is 9.55 Å². The lowest BCUT2D eigenvalue weighted by Gasteiger charge is -2.18. The van der Waals surface area contributed by atoms with Crippen LogP contribution in [0.5, 0.6) is 0 Å². The Hall–Kier alpha value is -1.25. The molecule has 0 aromatic carbocycles. The summed E-state index contributed by atoms with van der Waals surface area (Å²) < 4.78 is 27.6. The van der Waals surface area contributed by atoms with Crippen LogP contribution in [0.4, 0.5) is 0 Å². The molecule has 10 heteroatoms. The second kappa shape index (κ2) is 8.40. The molecule has 1 aromatic heterocycles. The number of aromatic nitrogens is 2. The largest absolute Gasteiger partial charge is 0.382 e. The molecule has 0 aliphatic rings. The molecule has 1 heterocycles. The molecule has 0 saturated carbocycles. The molecule has 0 aliphatic carbocycles. The maximum absolute atomic E-state index is 11.6. The van der Waals surface area contributed by atoms with Crippen molar-refractivity contribution < 1.29 is 23.5 Å². The van der Waals surface area contributed by atoms with Gasteiger partial charge in [0.15, 0.2) is 0 Å². The van der Waals surface area contributed by atoms with E-state index in [2.05, 4.69) is 4.98 Å². The second-order valence-corrected chi connectivity index (χ2v) is 6.68. The number of aryl methyl sites for hydroxylation is 1. The van der Waals surface area contributed by atoms with Gasteiger partial charge in [-0.3, -0.25) is 18.9 Å². The van der Waals surface area contributed by atoms with Gasteiger partial charge in [0.25, 0.3) is 5.56 Å². The van der Waals surface area contributed by atoms with Gasteiger partial charge in [-0.05, 0) is 6.92 Å². The molecule has 0 radical (unpaired) electrons. The molecule has 1 aromatic rings. The molecular weight excluding hydrogens is 315 g/mol. The zero-order valence-electron chi connectivity index (χ0n) is 12.8. The maximum atomic E-state index is 11.6. The van der Waals surface area contributed by atoms with Crippen LogP contribution in [-0.2, 0) is 25.1 Å². The summed E-state index contributed by atoms with van der Waals surface area (Å²) in [5, 5.41) is 0. The Morgan fingerprint density at radius 2 is 2.09 bits per heavy atom. The van der Waals surface area contributed by atoms with Crippen molar-refractivity contribution in [3.8, 4) is 0 Å². The summed E-state index contributed by atoms with van der Waals surface area (Å²) >= 11 is 0. The SMILES string of the molecule is COCC(COP(C)(=O)O)OCCn1cc(C)c(=O)[nH]c1=O.